The molecule has 0 aliphatic carbocycles. The number of hydrogen-bond acceptors (Lipinski definition) is 2. The normalized spacial score (nSPS) is 10.7. The Hall–Kier alpha value is -1.74. The second-order valence-electron chi connectivity index (χ2n) is 4.03. The van der Waals surface area contributed by atoms with E-state index in [1.807, 2.05) is 36.4 Å². The Morgan fingerprint density at radius 2 is 1.32 bits per heavy atom. The summed E-state index contributed by atoms with van der Waals surface area (Å²) in [5.41, 5.74) is 2.18. The molecule has 98 valence electrons. The van der Waals surface area contributed by atoms with E-state index in [0.717, 1.165) is 27.1 Å². The predicted octanol–water partition coefficient (Wildman–Crippen LogP) is 4.64. The highest BCUT2D eigenvalue weighted by Crippen LogP contribution is 2.24. The lowest BCUT2D eigenvalue weighted by atomic mass is 10.1. The Kier molecular flexibility index (Phi) is 4.63. The Morgan fingerprint density at radius 3 is 1.84 bits per heavy atom. The van der Waals surface area contributed by atoms with Gasteiger partial charge >= 0.3 is 0 Å². The van der Waals surface area contributed by atoms with Crippen LogP contribution in [0.4, 0.5) is 0 Å². The molecule has 3 heteroatoms. The standard InChI is InChI=1S/C16H15BrO2/c1-18-15-9-13(10-16(11-15)19-2)4-3-12-5-7-14(17)8-6-12/h3-11H,1-2H3/b4-3-. The first kappa shape index (κ1) is 13.7. The van der Waals surface area contributed by atoms with Crippen LogP contribution in [-0.2, 0) is 0 Å². The molecule has 0 N–H and O–H groups in total. The molecule has 0 bridgehead atoms. The topological polar surface area (TPSA) is 18.5 Å². The number of ether oxygens (including phenoxy) is 2. The Bertz CT molecular complexity index is 552. The Balaban J connectivity index is 2.24. The lowest BCUT2D eigenvalue weighted by Crippen LogP contribution is -1.88. The summed E-state index contributed by atoms with van der Waals surface area (Å²) in [6.07, 6.45) is 4.09. The monoisotopic (exact) mass is 318 g/mol. The van der Waals surface area contributed by atoms with Gasteiger partial charge in [0.2, 0.25) is 0 Å². The molecule has 0 fully saturated rings. The van der Waals surface area contributed by atoms with E-state index in [4.69, 9.17) is 9.47 Å². The molecule has 0 amide bonds. The van der Waals surface area contributed by atoms with Crippen LogP contribution in [-0.4, -0.2) is 14.2 Å². The van der Waals surface area contributed by atoms with Crippen molar-refractivity contribution >= 4 is 28.1 Å². The fraction of sp³-hybridized carbons (Fsp3) is 0.125. The maximum atomic E-state index is 5.25. The first-order chi connectivity index (χ1) is 9.21. The van der Waals surface area contributed by atoms with Crippen LogP contribution >= 0.6 is 15.9 Å². The third-order valence-corrected chi connectivity index (χ3v) is 3.24. The van der Waals surface area contributed by atoms with E-state index in [1.165, 1.54) is 0 Å². The lowest BCUT2D eigenvalue weighted by molar-refractivity contribution is 0.394. The second kappa shape index (κ2) is 6.43. The zero-order valence-electron chi connectivity index (χ0n) is 10.9. The third kappa shape index (κ3) is 3.86. The summed E-state index contributed by atoms with van der Waals surface area (Å²) in [7, 11) is 3.30. The van der Waals surface area contributed by atoms with Crippen LogP contribution in [0.3, 0.4) is 0 Å². The van der Waals surface area contributed by atoms with E-state index in [0.29, 0.717) is 0 Å². The largest absolute Gasteiger partial charge is 0.497 e. The van der Waals surface area contributed by atoms with Gasteiger partial charge in [0.25, 0.3) is 0 Å². The maximum Gasteiger partial charge on any atom is 0.123 e. The third-order valence-electron chi connectivity index (χ3n) is 2.71. The van der Waals surface area contributed by atoms with Gasteiger partial charge in [-0.15, -0.1) is 0 Å². The van der Waals surface area contributed by atoms with Crippen molar-refractivity contribution in [3.05, 3.63) is 58.1 Å². The predicted molar refractivity (Wildman–Crippen MR) is 82.6 cm³/mol. The highest BCUT2D eigenvalue weighted by Gasteiger charge is 1.99. The van der Waals surface area contributed by atoms with Gasteiger partial charge in [-0.25, -0.2) is 0 Å². The van der Waals surface area contributed by atoms with Crippen molar-refractivity contribution in [2.24, 2.45) is 0 Å². The van der Waals surface area contributed by atoms with Crippen molar-refractivity contribution in [2.75, 3.05) is 14.2 Å². The number of rotatable bonds is 4. The molecule has 2 rings (SSSR count). The van der Waals surface area contributed by atoms with Gasteiger partial charge in [-0.05, 0) is 35.4 Å². The molecule has 0 saturated heterocycles. The van der Waals surface area contributed by atoms with E-state index in [1.54, 1.807) is 14.2 Å². The SMILES string of the molecule is COc1cc(/C=C\c2ccc(Br)cc2)cc(OC)c1. The summed E-state index contributed by atoms with van der Waals surface area (Å²) in [6, 6.07) is 13.9. The molecule has 0 spiro atoms. The molecule has 0 aliphatic rings. The van der Waals surface area contributed by atoms with Crippen LogP contribution in [0.15, 0.2) is 46.9 Å². The molecule has 0 unspecified atom stereocenters. The molecular weight excluding hydrogens is 304 g/mol. The van der Waals surface area contributed by atoms with Gasteiger partial charge in [0.05, 0.1) is 14.2 Å². The Morgan fingerprint density at radius 1 is 0.789 bits per heavy atom. The van der Waals surface area contributed by atoms with Crippen molar-refractivity contribution in [1.82, 2.24) is 0 Å². The van der Waals surface area contributed by atoms with Crippen LogP contribution < -0.4 is 9.47 Å². The number of hydrogen-bond donors (Lipinski definition) is 0. The van der Waals surface area contributed by atoms with Crippen LogP contribution in [0, 0.1) is 0 Å². The van der Waals surface area contributed by atoms with Gasteiger partial charge in [-0.1, -0.05) is 40.2 Å². The van der Waals surface area contributed by atoms with Gasteiger partial charge < -0.3 is 9.47 Å². The zero-order valence-corrected chi connectivity index (χ0v) is 12.5. The van der Waals surface area contributed by atoms with Crippen LogP contribution in [0.1, 0.15) is 11.1 Å². The molecule has 2 aromatic carbocycles. The Labute approximate surface area is 121 Å². The molecule has 2 nitrogen and oxygen atoms in total. The first-order valence-corrected chi connectivity index (χ1v) is 6.67. The molecule has 0 aliphatic heterocycles. The van der Waals surface area contributed by atoms with Gasteiger partial charge in [0, 0.05) is 10.5 Å². The van der Waals surface area contributed by atoms with Crippen molar-refractivity contribution in [2.45, 2.75) is 0 Å². The number of methoxy groups -OCH3 is 2. The molecule has 2 aromatic rings. The summed E-state index contributed by atoms with van der Waals surface area (Å²) in [5, 5.41) is 0. The quantitative estimate of drug-likeness (QED) is 0.765. The number of benzene rings is 2. The fourth-order valence-corrected chi connectivity index (χ4v) is 1.96. The van der Waals surface area contributed by atoms with Crippen molar-refractivity contribution in [3.63, 3.8) is 0 Å². The van der Waals surface area contributed by atoms with Gasteiger partial charge in [0.1, 0.15) is 11.5 Å². The molecule has 0 aromatic heterocycles. The van der Waals surface area contributed by atoms with Crippen molar-refractivity contribution in [3.8, 4) is 11.5 Å². The van der Waals surface area contributed by atoms with Gasteiger partial charge in [-0.2, -0.15) is 0 Å². The summed E-state index contributed by atoms with van der Waals surface area (Å²) in [6.45, 7) is 0. The van der Waals surface area contributed by atoms with E-state index in [2.05, 4.69) is 34.1 Å². The van der Waals surface area contributed by atoms with Crippen molar-refractivity contribution < 1.29 is 9.47 Å². The lowest BCUT2D eigenvalue weighted by Gasteiger charge is -2.05. The molecule has 19 heavy (non-hydrogen) atoms. The summed E-state index contributed by atoms with van der Waals surface area (Å²) >= 11 is 3.42. The average Bonchev–Trinajstić information content (AvgIpc) is 2.46. The molecule has 0 radical (unpaired) electrons. The fourth-order valence-electron chi connectivity index (χ4n) is 1.69. The average molecular weight is 319 g/mol. The molecule has 0 saturated carbocycles. The second-order valence-corrected chi connectivity index (χ2v) is 4.95. The number of halogens is 1. The minimum Gasteiger partial charge on any atom is -0.497 e. The minimum absolute atomic E-state index is 0.787. The summed E-state index contributed by atoms with van der Waals surface area (Å²) in [4.78, 5) is 0. The zero-order chi connectivity index (χ0) is 13.7. The highest BCUT2D eigenvalue weighted by atomic mass is 79.9. The first-order valence-electron chi connectivity index (χ1n) is 5.88. The van der Waals surface area contributed by atoms with Crippen molar-refractivity contribution in [1.29, 1.82) is 0 Å². The minimum atomic E-state index is 0.787. The van der Waals surface area contributed by atoms with E-state index < -0.39 is 0 Å². The van der Waals surface area contributed by atoms with Gasteiger partial charge in [-0.3, -0.25) is 0 Å². The summed E-state index contributed by atoms with van der Waals surface area (Å²) in [5.74, 6) is 1.57. The van der Waals surface area contributed by atoms with Crippen LogP contribution in [0.2, 0.25) is 0 Å². The highest BCUT2D eigenvalue weighted by molar-refractivity contribution is 9.10. The molecule has 0 heterocycles. The van der Waals surface area contributed by atoms with E-state index >= 15 is 0 Å². The maximum absolute atomic E-state index is 5.25. The molecular formula is C16H15BrO2. The van der Waals surface area contributed by atoms with Gasteiger partial charge in [0.15, 0.2) is 0 Å². The summed E-state index contributed by atoms with van der Waals surface area (Å²) < 4.78 is 11.6. The van der Waals surface area contributed by atoms with E-state index in [-0.39, 0.29) is 0 Å². The molecule has 0 atom stereocenters. The van der Waals surface area contributed by atoms with Crippen LogP contribution in [0.25, 0.3) is 12.2 Å². The van der Waals surface area contributed by atoms with E-state index in [9.17, 15) is 0 Å². The van der Waals surface area contributed by atoms with Crippen LogP contribution in [0.5, 0.6) is 11.5 Å². The smallest absolute Gasteiger partial charge is 0.123 e.